The third kappa shape index (κ3) is 1.87. The zero-order chi connectivity index (χ0) is 15.4. The van der Waals surface area contributed by atoms with Gasteiger partial charge in [-0.3, -0.25) is 0 Å². The van der Waals surface area contributed by atoms with Gasteiger partial charge in [-0.25, -0.2) is 0 Å². The molecule has 4 aliphatic carbocycles. The molecule has 2 saturated carbocycles. The first kappa shape index (κ1) is 14.8. The summed E-state index contributed by atoms with van der Waals surface area (Å²) in [5, 5.41) is 11.3. The second-order valence-electron chi connectivity index (χ2n) is 8.32. The highest BCUT2D eigenvalue weighted by atomic mass is 16.3. The molecule has 1 nitrogen and oxygen atoms in total. The Bertz CT molecular complexity index is 554. The molecule has 1 heteroatoms. The fourth-order valence-electron chi connectivity index (χ4n) is 6.24. The van der Waals surface area contributed by atoms with Crippen LogP contribution in [0.4, 0.5) is 0 Å². The van der Waals surface area contributed by atoms with Gasteiger partial charge in [0.2, 0.25) is 0 Å². The molecule has 0 radical (unpaired) electrons. The molecule has 0 aromatic heterocycles. The normalized spacial score (nSPS) is 44.0. The maximum absolute atomic E-state index is 11.3. The molecule has 0 spiro atoms. The summed E-state index contributed by atoms with van der Waals surface area (Å²) in [6.45, 7) is 6.23. The van der Waals surface area contributed by atoms with Gasteiger partial charge in [-0.05, 0) is 76.0 Å². The standard InChI is InChI=1S/C21H30O/c1-3-12-21(22)14-11-19-18-9-8-15-6-4-5-7-16(15)17(18)10-13-20(19,21)2/h3,6,16-17,22H,1,4-5,7-14H2,2H3/t16-,17+,20-,21-/m0/s1. The predicted octanol–water partition coefficient (Wildman–Crippen LogP) is 5.32. The lowest BCUT2D eigenvalue weighted by Crippen LogP contribution is -2.46. The van der Waals surface area contributed by atoms with Gasteiger partial charge in [-0.2, -0.15) is 0 Å². The van der Waals surface area contributed by atoms with Crippen molar-refractivity contribution in [3.05, 3.63) is 35.5 Å². The maximum atomic E-state index is 11.3. The molecule has 2 fully saturated rings. The minimum atomic E-state index is -0.537. The SMILES string of the molecule is C=CC[C@]1(O)CCC2=C3CCC4=CCCC[C@@H]4[C@H]3CC[C@@]21C. The van der Waals surface area contributed by atoms with E-state index in [9.17, 15) is 5.11 Å². The van der Waals surface area contributed by atoms with Crippen LogP contribution in [0.1, 0.15) is 71.1 Å². The Kier molecular flexibility index (Phi) is 3.41. The second-order valence-corrected chi connectivity index (χ2v) is 8.32. The minimum Gasteiger partial charge on any atom is -0.389 e. The number of hydrogen-bond donors (Lipinski definition) is 1. The van der Waals surface area contributed by atoms with Crippen molar-refractivity contribution in [2.75, 3.05) is 0 Å². The highest BCUT2D eigenvalue weighted by molar-refractivity contribution is 5.39. The summed E-state index contributed by atoms with van der Waals surface area (Å²) in [5.41, 5.74) is 4.66. The van der Waals surface area contributed by atoms with Gasteiger partial charge in [0, 0.05) is 5.41 Å². The van der Waals surface area contributed by atoms with Crippen molar-refractivity contribution in [2.24, 2.45) is 17.3 Å². The molecule has 0 aromatic rings. The van der Waals surface area contributed by atoms with Crippen molar-refractivity contribution >= 4 is 0 Å². The van der Waals surface area contributed by atoms with Crippen molar-refractivity contribution in [3.8, 4) is 0 Å². The van der Waals surface area contributed by atoms with Gasteiger partial charge < -0.3 is 5.11 Å². The Hall–Kier alpha value is -0.820. The van der Waals surface area contributed by atoms with Crippen LogP contribution < -0.4 is 0 Å². The summed E-state index contributed by atoms with van der Waals surface area (Å²) >= 11 is 0. The zero-order valence-corrected chi connectivity index (χ0v) is 14.0. The average Bonchev–Trinajstić information content (AvgIpc) is 2.79. The molecular formula is C21H30O. The van der Waals surface area contributed by atoms with Crippen molar-refractivity contribution in [1.29, 1.82) is 0 Å². The van der Waals surface area contributed by atoms with Crippen LogP contribution in [0.25, 0.3) is 0 Å². The van der Waals surface area contributed by atoms with E-state index in [0.717, 1.165) is 31.1 Å². The van der Waals surface area contributed by atoms with E-state index in [1.165, 1.54) is 44.9 Å². The van der Waals surface area contributed by atoms with Gasteiger partial charge >= 0.3 is 0 Å². The molecule has 1 N–H and O–H groups in total. The molecule has 0 aromatic carbocycles. The van der Waals surface area contributed by atoms with Crippen molar-refractivity contribution in [3.63, 3.8) is 0 Å². The molecule has 120 valence electrons. The summed E-state index contributed by atoms with van der Waals surface area (Å²) in [5.74, 6) is 1.64. The predicted molar refractivity (Wildman–Crippen MR) is 91.5 cm³/mol. The van der Waals surface area contributed by atoms with E-state index in [1.54, 1.807) is 16.7 Å². The summed E-state index contributed by atoms with van der Waals surface area (Å²) in [7, 11) is 0. The Labute approximate surface area is 135 Å². The molecule has 0 saturated heterocycles. The molecule has 0 bridgehead atoms. The van der Waals surface area contributed by atoms with Crippen LogP contribution in [0.3, 0.4) is 0 Å². The number of rotatable bonds is 2. The summed E-state index contributed by atoms with van der Waals surface area (Å²) < 4.78 is 0. The topological polar surface area (TPSA) is 20.2 Å². The number of hydrogen-bond acceptors (Lipinski definition) is 1. The van der Waals surface area contributed by atoms with Crippen molar-refractivity contribution in [1.82, 2.24) is 0 Å². The smallest absolute Gasteiger partial charge is 0.0775 e. The molecule has 0 aliphatic heterocycles. The van der Waals surface area contributed by atoms with Crippen LogP contribution in [0.15, 0.2) is 35.5 Å². The molecule has 0 amide bonds. The molecule has 22 heavy (non-hydrogen) atoms. The third-order valence-corrected chi connectivity index (χ3v) is 7.53. The molecule has 4 rings (SSSR count). The van der Waals surface area contributed by atoms with Crippen LogP contribution in [0.5, 0.6) is 0 Å². The van der Waals surface area contributed by atoms with Crippen molar-refractivity contribution < 1.29 is 5.11 Å². The van der Waals surface area contributed by atoms with E-state index < -0.39 is 5.60 Å². The molecule has 4 aliphatic rings. The second kappa shape index (κ2) is 5.09. The maximum Gasteiger partial charge on any atom is 0.0775 e. The van der Waals surface area contributed by atoms with E-state index in [-0.39, 0.29) is 5.41 Å². The van der Waals surface area contributed by atoms with Crippen LogP contribution in [0, 0.1) is 17.3 Å². The first-order chi connectivity index (χ1) is 10.6. The van der Waals surface area contributed by atoms with E-state index in [1.807, 2.05) is 6.08 Å². The Morgan fingerprint density at radius 3 is 2.91 bits per heavy atom. The zero-order valence-electron chi connectivity index (χ0n) is 14.0. The third-order valence-electron chi connectivity index (χ3n) is 7.53. The summed E-state index contributed by atoms with van der Waals surface area (Å²) in [6.07, 6.45) is 16.4. The van der Waals surface area contributed by atoms with Gasteiger partial charge in [0.1, 0.15) is 0 Å². The molecule has 0 unspecified atom stereocenters. The summed E-state index contributed by atoms with van der Waals surface area (Å²) in [4.78, 5) is 0. The highest BCUT2D eigenvalue weighted by Crippen LogP contribution is 2.62. The number of fused-ring (bicyclic) bond motifs is 4. The van der Waals surface area contributed by atoms with Gasteiger partial charge in [0.25, 0.3) is 0 Å². The average molecular weight is 298 g/mol. The van der Waals surface area contributed by atoms with E-state index in [0.29, 0.717) is 0 Å². The monoisotopic (exact) mass is 298 g/mol. The quantitative estimate of drug-likeness (QED) is 0.684. The Morgan fingerprint density at radius 2 is 2.09 bits per heavy atom. The number of aliphatic hydroxyl groups is 1. The largest absolute Gasteiger partial charge is 0.389 e. The fraction of sp³-hybridized carbons (Fsp3) is 0.714. The Morgan fingerprint density at radius 1 is 1.23 bits per heavy atom. The lowest BCUT2D eigenvalue weighted by Gasteiger charge is -2.49. The van der Waals surface area contributed by atoms with Crippen LogP contribution in [-0.2, 0) is 0 Å². The lowest BCUT2D eigenvalue weighted by atomic mass is 9.56. The number of allylic oxidation sites excluding steroid dienone is 3. The van der Waals surface area contributed by atoms with Crippen LogP contribution >= 0.6 is 0 Å². The van der Waals surface area contributed by atoms with Crippen molar-refractivity contribution in [2.45, 2.75) is 76.7 Å². The fourth-order valence-corrected chi connectivity index (χ4v) is 6.24. The van der Waals surface area contributed by atoms with E-state index in [4.69, 9.17) is 0 Å². The first-order valence-electron chi connectivity index (χ1n) is 9.34. The van der Waals surface area contributed by atoms with Gasteiger partial charge in [0.15, 0.2) is 0 Å². The van der Waals surface area contributed by atoms with Gasteiger partial charge in [-0.15, -0.1) is 6.58 Å². The Balaban J connectivity index is 1.74. The highest BCUT2D eigenvalue weighted by Gasteiger charge is 2.56. The lowest BCUT2D eigenvalue weighted by molar-refractivity contribution is -0.0472. The molecular weight excluding hydrogens is 268 g/mol. The molecule has 4 atom stereocenters. The van der Waals surface area contributed by atoms with Gasteiger partial charge in [0.05, 0.1) is 5.60 Å². The minimum absolute atomic E-state index is 0.0168. The first-order valence-corrected chi connectivity index (χ1v) is 9.34. The van der Waals surface area contributed by atoms with Crippen LogP contribution in [0.2, 0.25) is 0 Å². The van der Waals surface area contributed by atoms with E-state index >= 15 is 0 Å². The van der Waals surface area contributed by atoms with Crippen LogP contribution in [-0.4, -0.2) is 10.7 Å². The van der Waals surface area contributed by atoms with Gasteiger partial charge in [-0.1, -0.05) is 35.8 Å². The molecule has 0 heterocycles. The van der Waals surface area contributed by atoms with E-state index in [2.05, 4.69) is 19.6 Å². The summed E-state index contributed by atoms with van der Waals surface area (Å²) in [6, 6.07) is 0.